The summed E-state index contributed by atoms with van der Waals surface area (Å²) in [7, 11) is -2.86. The van der Waals surface area contributed by atoms with Crippen molar-refractivity contribution >= 4 is 8.56 Å². The Kier molecular flexibility index (Phi) is 6.30. The lowest BCUT2D eigenvalue weighted by atomic mass is 10.2. The van der Waals surface area contributed by atoms with Crippen LogP contribution in [0.4, 0.5) is 0 Å². The molecule has 0 aromatic heterocycles. The van der Waals surface area contributed by atoms with E-state index in [1.54, 1.807) is 0 Å². The third-order valence-electron chi connectivity index (χ3n) is 2.79. The van der Waals surface area contributed by atoms with Crippen molar-refractivity contribution in [2.24, 2.45) is 0 Å². The maximum Gasteiger partial charge on any atom is 0.420 e. The van der Waals surface area contributed by atoms with Crippen LogP contribution in [0.25, 0.3) is 0 Å². The number of rotatable bonds is 4. The van der Waals surface area contributed by atoms with Gasteiger partial charge in [0.25, 0.3) is 0 Å². The van der Waals surface area contributed by atoms with E-state index >= 15 is 0 Å². The molecule has 0 fully saturated rings. The van der Waals surface area contributed by atoms with E-state index in [-0.39, 0.29) is 10.1 Å². The molecule has 0 aliphatic carbocycles. The molecule has 128 valence electrons. The maximum atomic E-state index is 6.01. The Balaban J connectivity index is 5.57. The lowest BCUT2D eigenvalue weighted by molar-refractivity contribution is -0.356. The molecule has 0 aliphatic heterocycles. The minimum absolute atomic E-state index is 0.220. The third-order valence-corrected chi connectivity index (χ3v) is 7.38. The topological polar surface area (TPSA) is 36.9 Å². The Labute approximate surface area is 132 Å². The van der Waals surface area contributed by atoms with Crippen molar-refractivity contribution in [2.45, 2.75) is 104 Å². The zero-order chi connectivity index (χ0) is 17.3. The SMILES string of the molecule is CC(C)(C)OO[Si](OOC(C)(C)C)(C(C)(C)C)C(C)(C)C. The molecule has 0 spiro atoms. The van der Waals surface area contributed by atoms with Crippen LogP contribution in [0.2, 0.25) is 10.1 Å². The van der Waals surface area contributed by atoms with Gasteiger partial charge in [-0.3, -0.25) is 0 Å². The molecule has 21 heavy (non-hydrogen) atoms. The Bertz CT molecular complexity index is 292. The fourth-order valence-electron chi connectivity index (χ4n) is 2.01. The lowest BCUT2D eigenvalue weighted by Gasteiger charge is -2.47. The fraction of sp³-hybridized carbons (Fsp3) is 1.00. The Morgan fingerprint density at radius 1 is 0.476 bits per heavy atom. The largest absolute Gasteiger partial charge is 0.420 e. The van der Waals surface area contributed by atoms with E-state index in [0.29, 0.717) is 0 Å². The van der Waals surface area contributed by atoms with Crippen molar-refractivity contribution in [1.82, 2.24) is 0 Å². The zero-order valence-corrected chi connectivity index (χ0v) is 17.1. The van der Waals surface area contributed by atoms with Crippen LogP contribution in [0.3, 0.4) is 0 Å². The molecule has 0 N–H and O–H groups in total. The van der Waals surface area contributed by atoms with Gasteiger partial charge in [0.05, 0.1) is 11.2 Å². The van der Waals surface area contributed by atoms with Crippen LogP contribution in [0.5, 0.6) is 0 Å². The second-order valence-corrected chi connectivity index (χ2v) is 14.2. The van der Waals surface area contributed by atoms with E-state index in [4.69, 9.17) is 18.9 Å². The van der Waals surface area contributed by atoms with Crippen molar-refractivity contribution in [1.29, 1.82) is 0 Å². The number of hydrogen-bond acceptors (Lipinski definition) is 4. The second-order valence-electron chi connectivity index (χ2n) is 9.67. The van der Waals surface area contributed by atoms with Crippen molar-refractivity contribution in [3.05, 3.63) is 0 Å². The van der Waals surface area contributed by atoms with Crippen molar-refractivity contribution in [3.8, 4) is 0 Å². The molecule has 0 aromatic rings. The summed E-state index contributed by atoms with van der Waals surface area (Å²) in [5.74, 6) is 0. The van der Waals surface area contributed by atoms with Gasteiger partial charge >= 0.3 is 8.56 Å². The van der Waals surface area contributed by atoms with Gasteiger partial charge in [-0.2, -0.15) is 0 Å². The molecule has 5 heteroatoms. The zero-order valence-electron chi connectivity index (χ0n) is 16.1. The summed E-state index contributed by atoms with van der Waals surface area (Å²) >= 11 is 0. The monoisotopic (exact) mass is 320 g/mol. The molecule has 0 aromatic carbocycles. The van der Waals surface area contributed by atoms with Crippen molar-refractivity contribution in [3.63, 3.8) is 0 Å². The first-order chi connectivity index (χ1) is 8.91. The first-order valence-corrected chi connectivity index (χ1v) is 9.47. The molecule has 0 aliphatic rings. The Morgan fingerprint density at radius 3 is 0.857 bits per heavy atom. The minimum Gasteiger partial charge on any atom is -0.247 e. The smallest absolute Gasteiger partial charge is 0.247 e. The molecular weight excluding hydrogens is 284 g/mol. The van der Waals surface area contributed by atoms with Gasteiger partial charge < -0.3 is 0 Å². The summed E-state index contributed by atoms with van der Waals surface area (Å²) in [4.78, 5) is 11.3. The molecular formula is C16H36O4Si. The average molecular weight is 321 g/mol. The van der Waals surface area contributed by atoms with Gasteiger partial charge in [-0.1, -0.05) is 41.5 Å². The second kappa shape index (κ2) is 6.28. The molecule has 0 radical (unpaired) electrons. The third kappa shape index (κ3) is 6.36. The quantitative estimate of drug-likeness (QED) is 0.388. The highest BCUT2D eigenvalue weighted by Crippen LogP contribution is 2.53. The Hall–Kier alpha value is 0.0569. The minimum atomic E-state index is -2.86. The van der Waals surface area contributed by atoms with Gasteiger partial charge in [0.1, 0.15) is 0 Å². The summed E-state index contributed by atoms with van der Waals surface area (Å²) in [5, 5.41) is -0.441. The summed E-state index contributed by atoms with van der Waals surface area (Å²) in [6.45, 7) is 24.4. The first-order valence-electron chi connectivity index (χ1n) is 7.65. The van der Waals surface area contributed by atoms with Gasteiger partial charge in [0.15, 0.2) is 0 Å². The predicted octanol–water partition coefficient (Wildman–Crippen LogP) is 5.52. The van der Waals surface area contributed by atoms with Crippen LogP contribution in [-0.4, -0.2) is 19.8 Å². The van der Waals surface area contributed by atoms with Gasteiger partial charge in [-0.05, 0) is 41.5 Å². The van der Waals surface area contributed by atoms with Crippen molar-refractivity contribution < 1.29 is 18.9 Å². The van der Waals surface area contributed by atoms with Gasteiger partial charge in [0.2, 0.25) is 0 Å². The molecule has 0 saturated carbocycles. The highest BCUT2D eigenvalue weighted by atomic mass is 28.4. The van der Waals surface area contributed by atoms with Crippen LogP contribution >= 0.6 is 0 Å². The van der Waals surface area contributed by atoms with Crippen LogP contribution < -0.4 is 0 Å². The van der Waals surface area contributed by atoms with Crippen molar-refractivity contribution in [2.75, 3.05) is 0 Å². The molecule has 0 unspecified atom stereocenters. The summed E-state index contributed by atoms with van der Waals surface area (Å²) < 4.78 is 12.0. The highest BCUT2D eigenvalue weighted by molar-refractivity contribution is 6.73. The molecule has 0 amide bonds. The summed E-state index contributed by atoms with van der Waals surface area (Å²) in [6.07, 6.45) is 0. The Morgan fingerprint density at radius 2 is 0.714 bits per heavy atom. The fourth-order valence-corrected chi connectivity index (χ4v) is 6.02. The highest BCUT2D eigenvalue weighted by Gasteiger charge is 2.62. The summed E-state index contributed by atoms with van der Waals surface area (Å²) in [5.41, 5.74) is -0.806. The molecule has 0 rings (SSSR count). The van der Waals surface area contributed by atoms with Crippen LogP contribution in [-0.2, 0) is 18.9 Å². The average Bonchev–Trinajstić information content (AvgIpc) is 2.09. The van der Waals surface area contributed by atoms with E-state index < -0.39 is 19.8 Å². The molecule has 0 bridgehead atoms. The van der Waals surface area contributed by atoms with Gasteiger partial charge in [-0.25, -0.2) is 18.9 Å². The van der Waals surface area contributed by atoms with Crippen LogP contribution in [0.1, 0.15) is 83.1 Å². The van der Waals surface area contributed by atoms with E-state index in [9.17, 15) is 0 Å². The standard InChI is InChI=1S/C16H36O4Si/c1-13(2,3)17-19-21(15(7,8)9,16(10,11)12)20-18-14(4,5)6/h1-12H3. The lowest BCUT2D eigenvalue weighted by Crippen LogP contribution is -2.58. The van der Waals surface area contributed by atoms with Gasteiger partial charge in [0, 0.05) is 10.1 Å². The number of hydrogen-bond donors (Lipinski definition) is 0. The molecule has 0 saturated heterocycles. The van der Waals surface area contributed by atoms with E-state index in [1.807, 2.05) is 41.5 Å². The normalized spacial score (nSPS) is 15.4. The predicted molar refractivity (Wildman–Crippen MR) is 89.0 cm³/mol. The molecule has 0 atom stereocenters. The van der Waals surface area contributed by atoms with E-state index in [2.05, 4.69) is 41.5 Å². The van der Waals surface area contributed by atoms with E-state index in [0.717, 1.165) is 0 Å². The maximum absolute atomic E-state index is 6.01. The first kappa shape index (κ1) is 21.1. The van der Waals surface area contributed by atoms with E-state index in [1.165, 1.54) is 0 Å². The van der Waals surface area contributed by atoms with Gasteiger partial charge in [-0.15, -0.1) is 0 Å². The molecule has 4 nitrogen and oxygen atoms in total. The molecule has 0 heterocycles. The van der Waals surface area contributed by atoms with Crippen LogP contribution in [0, 0.1) is 0 Å². The summed E-state index contributed by atoms with van der Waals surface area (Å²) in [6, 6.07) is 0. The van der Waals surface area contributed by atoms with Crippen LogP contribution in [0.15, 0.2) is 0 Å².